The topological polar surface area (TPSA) is 148 Å². The number of nitrogens with zero attached hydrogens (tertiary/aromatic N) is 3. The third kappa shape index (κ3) is 4.05. The minimum atomic E-state index is -1.33. The van der Waals surface area contributed by atoms with Gasteiger partial charge in [0.2, 0.25) is 0 Å². The van der Waals surface area contributed by atoms with E-state index in [2.05, 4.69) is 15.4 Å². The van der Waals surface area contributed by atoms with Crippen molar-refractivity contribution in [2.45, 2.75) is 6.10 Å². The highest BCUT2D eigenvalue weighted by molar-refractivity contribution is 6.47. The molecule has 0 fully saturated rings. The Morgan fingerprint density at radius 1 is 1.09 bits per heavy atom. The second-order valence-corrected chi connectivity index (χ2v) is 7.12. The Morgan fingerprint density at radius 3 is 2.52 bits per heavy atom. The predicted molar refractivity (Wildman–Crippen MR) is 118 cm³/mol. The van der Waals surface area contributed by atoms with Gasteiger partial charge in [0.05, 0.1) is 16.8 Å². The molecule has 162 valence electrons. The van der Waals surface area contributed by atoms with E-state index in [4.69, 9.17) is 10.6 Å². The molecule has 3 N–H and O–H groups in total. The molecule has 0 saturated carbocycles. The zero-order valence-corrected chi connectivity index (χ0v) is 17.1. The van der Waals surface area contributed by atoms with Gasteiger partial charge in [0.15, 0.2) is 5.78 Å². The number of pyridine rings is 1. The summed E-state index contributed by atoms with van der Waals surface area (Å²) in [5.74, 6) is 2.32. The monoisotopic (exact) mass is 439 g/mol. The van der Waals surface area contributed by atoms with E-state index >= 15 is 0 Å². The molecule has 9 heteroatoms. The number of aromatic nitrogens is 1. The van der Waals surface area contributed by atoms with Crippen LogP contribution in [0, 0.1) is 17.2 Å². The molecule has 4 rings (SSSR count). The molecule has 2 atom stereocenters. The smallest absolute Gasteiger partial charge is 0.339 e. The summed E-state index contributed by atoms with van der Waals surface area (Å²) >= 11 is 0. The molecule has 33 heavy (non-hydrogen) atoms. The maximum absolute atomic E-state index is 13.5. The van der Waals surface area contributed by atoms with Crippen LogP contribution in [0.15, 0.2) is 78.2 Å². The van der Waals surface area contributed by atoms with Crippen molar-refractivity contribution in [3.63, 3.8) is 0 Å². The van der Waals surface area contributed by atoms with E-state index in [1.54, 1.807) is 36.4 Å². The van der Waals surface area contributed by atoms with E-state index in [0.717, 1.165) is 0 Å². The van der Waals surface area contributed by atoms with Crippen molar-refractivity contribution in [3.05, 3.63) is 95.3 Å². The fraction of sp³-hybridized carbons (Fsp3) is 0.0833. The number of esters is 1. The molecule has 0 saturated heterocycles. The summed E-state index contributed by atoms with van der Waals surface area (Å²) in [6, 6.07) is 17.9. The number of carbonyl (C=O) groups excluding carboxylic acids is 3. The number of hydrogen-bond donors (Lipinski definition) is 2. The van der Waals surface area contributed by atoms with Gasteiger partial charge >= 0.3 is 5.97 Å². The Kier molecular flexibility index (Phi) is 5.91. The van der Waals surface area contributed by atoms with Gasteiger partial charge in [-0.15, -0.1) is 0 Å². The molecule has 0 unspecified atom stereocenters. The molecule has 3 aromatic rings. The van der Waals surface area contributed by atoms with E-state index < -0.39 is 29.7 Å². The number of nitriles is 1. The van der Waals surface area contributed by atoms with Crippen LogP contribution in [0.3, 0.4) is 0 Å². The lowest BCUT2D eigenvalue weighted by Gasteiger charge is -2.23. The maximum Gasteiger partial charge on any atom is 0.339 e. The molecule has 0 bridgehead atoms. The number of rotatable bonds is 6. The van der Waals surface area contributed by atoms with Crippen molar-refractivity contribution in [1.82, 2.24) is 4.98 Å². The number of cyclic esters (lactones) is 1. The largest absolute Gasteiger partial charge is 0.453 e. The molecule has 0 radical (unpaired) electrons. The van der Waals surface area contributed by atoms with E-state index in [1.807, 2.05) is 6.07 Å². The first-order valence-electron chi connectivity index (χ1n) is 9.87. The van der Waals surface area contributed by atoms with Crippen molar-refractivity contribution < 1.29 is 19.1 Å². The van der Waals surface area contributed by atoms with Crippen LogP contribution in [0.2, 0.25) is 0 Å². The van der Waals surface area contributed by atoms with E-state index in [-0.39, 0.29) is 22.5 Å². The first-order chi connectivity index (χ1) is 16.0. The summed E-state index contributed by atoms with van der Waals surface area (Å²) in [6.45, 7) is 0. The summed E-state index contributed by atoms with van der Waals surface area (Å²) < 4.78 is 5.52. The molecule has 1 aliphatic heterocycles. The molecule has 0 spiro atoms. The van der Waals surface area contributed by atoms with Crippen LogP contribution in [-0.2, 0) is 9.53 Å². The summed E-state index contributed by atoms with van der Waals surface area (Å²) in [6.07, 6.45) is 1.75. The Hall–Kier alpha value is -4.84. The van der Waals surface area contributed by atoms with Gasteiger partial charge in [0, 0.05) is 23.5 Å². The second kappa shape index (κ2) is 9.11. The van der Waals surface area contributed by atoms with Crippen LogP contribution in [0.4, 0.5) is 5.69 Å². The second-order valence-electron chi connectivity index (χ2n) is 7.12. The first-order valence-corrected chi connectivity index (χ1v) is 9.87. The predicted octanol–water partition coefficient (Wildman–Crippen LogP) is 2.62. The van der Waals surface area contributed by atoms with E-state index in [9.17, 15) is 19.6 Å². The zero-order chi connectivity index (χ0) is 23.4. The lowest BCUT2D eigenvalue weighted by atomic mass is 9.84. The Morgan fingerprint density at radius 2 is 1.79 bits per heavy atom. The van der Waals surface area contributed by atoms with Crippen LogP contribution in [0.1, 0.15) is 37.9 Å². The van der Waals surface area contributed by atoms with Crippen LogP contribution >= 0.6 is 0 Å². The Labute approximate surface area is 188 Å². The fourth-order valence-electron chi connectivity index (χ4n) is 3.68. The Balaban J connectivity index is 1.77. The average molecular weight is 439 g/mol. The van der Waals surface area contributed by atoms with Gasteiger partial charge in [-0.25, -0.2) is 4.79 Å². The number of amides is 1. The van der Waals surface area contributed by atoms with Crippen molar-refractivity contribution in [2.75, 3.05) is 5.32 Å². The number of ether oxygens (including phenoxy) is 1. The van der Waals surface area contributed by atoms with E-state index in [1.165, 1.54) is 36.7 Å². The normalized spacial score (nSPS) is 15.7. The van der Waals surface area contributed by atoms with Crippen molar-refractivity contribution in [2.24, 2.45) is 16.9 Å². The lowest BCUT2D eigenvalue weighted by molar-refractivity contribution is -0.110. The van der Waals surface area contributed by atoms with Gasteiger partial charge in [-0.1, -0.05) is 30.3 Å². The number of benzene rings is 2. The lowest BCUT2D eigenvalue weighted by Crippen LogP contribution is -2.39. The summed E-state index contributed by atoms with van der Waals surface area (Å²) in [5.41, 5.74) is 1.07. The number of carbonyl (C=O) groups is 3. The SMILES string of the molecule is N#Cc1ccccc1NC(=O)/C(=N/N)[C@H](C(=O)c1ccncc1)[C@H]1OC(=O)c2ccccc21. The number of nitrogens with one attached hydrogen (secondary N) is 1. The molecule has 2 aromatic carbocycles. The zero-order valence-electron chi connectivity index (χ0n) is 17.1. The van der Waals surface area contributed by atoms with Gasteiger partial charge < -0.3 is 15.9 Å². The fourth-order valence-corrected chi connectivity index (χ4v) is 3.68. The summed E-state index contributed by atoms with van der Waals surface area (Å²) in [4.78, 5) is 43.1. The summed E-state index contributed by atoms with van der Waals surface area (Å²) in [7, 11) is 0. The van der Waals surface area contributed by atoms with Gasteiger partial charge in [-0.2, -0.15) is 10.4 Å². The van der Waals surface area contributed by atoms with Gasteiger partial charge in [0.25, 0.3) is 5.91 Å². The molecule has 9 nitrogen and oxygen atoms in total. The summed E-state index contributed by atoms with van der Waals surface area (Å²) in [5, 5.41) is 15.5. The molecule has 1 aliphatic rings. The van der Waals surface area contributed by atoms with Gasteiger partial charge in [0.1, 0.15) is 23.8 Å². The number of fused-ring (bicyclic) bond motifs is 1. The van der Waals surface area contributed by atoms with Crippen LogP contribution in [0.25, 0.3) is 0 Å². The quantitative estimate of drug-likeness (QED) is 0.197. The number of para-hydroxylation sites is 1. The van der Waals surface area contributed by atoms with Gasteiger partial charge in [-0.05, 0) is 30.3 Å². The molecule has 1 aromatic heterocycles. The minimum absolute atomic E-state index is 0.219. The number of nitrogens with two attached hydrogens (primary N) is 1. The molecule has 1 amide bonds. The number of anilines is 1. The average Bonchev–Trinajstić information content (AvgIpc) is 3.19. The maximum atomic E-state index is 13.5. The number of Topliss-reactive ketones (excluding diaryl/α,β-unsaturated/α-hetero) is 1. The van der Waals surface area contributed by atoms with Crippen LogP contribution in [-0.4, -0.2) is 28.4 Å². The third-order valence-electron chi connectivity index (χ3n) is 5.23. The first kappa shape index (κ1) is 21.4. The van der Waals surface area contributed by atoms with E-state index in [0.29, 0.717) is 11.1 Å². The third-order valence-corrected chi connectivity index (χ3v) is 5.23. The van der Waals surface area contributed by atoms with Crippen LogP contribution in [0.5, 0.6) is 0 Å². The highest BCUT2D eigenvalue weighted by atomic mass is 16.5. The van der Waals surface area contributed by atoms with Crippen LogP contribution < -0.4 is 11.2 Å². The van der Waals surface area contributed by atoms with Crippen molar-refractivity contribution in [3.8, 4) is 6.07 Å². The molecular weight excluding hydrogens is 422 g/mol. The van der Waals surface area contributed by atoms with Crippen molar-refractivity contribution in [1.29, 1.82) is 5.26 Å². The number of ketones is 1. The van der Waals surface area contributed by atoms with Crippen molar-refractivity contribution >= 4 is 29.1 Å². The molecular formula is C24H17N5O4. The highest BCUT2D eigenvalue weighted by Crippen LogP contribution is 2.38. The number of hydrogen-bond acceptors (Lipinski definition) is 8. The number of hydrazone groups is 1. The standard InChI is InChI=1S/C24H17N5O4/c25-13-15-5-1-4-8-18(15)28-23(31)20(29-26)19(21(30)14-9-11-27-12-10-14)22-16-6-2-3-7-17(16)24(32)33-22/h1-12,19,22H,26H2,(H,28,31)/b29-20+/t19-,22+/m1/s1. The van der Waals surface area contributed by atoms with Gasteiger partial charge in [-0.3, -0.25) is 14.6 Å². The molecule has 2 heterocycles. The Bertz CT molecular complexity index is 1310. The highest BCUT2D eigenvalue weighted by Gasteiger charge is 2.45. The molecule has 0 aliphatic carbocycles. The minimum Gasteiger partial charge on any atom is -0.453 e.